The van der Waals surface area contributed by atoms with Gasteiger partial charge < -0.3 is 25.2 Å². The Bertz CT molecular complexity index is 799. The van der Waals surface area contributed by atoms with Crippen molar-refractivity contribution in [3.05, 3.63) is 33.8 Å². The molecule has 1 heterocycles. The van der Waals surface area contributed by atoms with E-state index in [1.807, 2.05) is 6.92 Å². The fraction of sp³-hybridized carbons (Fsp3) is 0.412. The van der Waals surface area contributed by atoms with E-state index in [1.54, 1.807) is 12.1 Å². The highest BCUT2D eigenvalue weighted by molar-refractivity contribution is 7.09. The average Bonchev–Trinajstić information content (AvgIpc) is 3.14. The highest BCUT2D eigenvalue weighted by Crippen LogP contribution is 2.37. The van der Waals surface area contributed by atoms with Gasteiger partial charge >= 0.3 is 6.18 Å². The summed E-state index contributed by atoms with van der Waals surface area (Å²) in [4.78, 5) is 7.97. The zero-order valence-corrected chi connectivity index (χ0v) is 16.4. The third-order valence-corrected chi connectivity index (χ3v) is 4.40. The van der Waals surface area contributed by atoms with Crippen molar-refractivity contribution in [1.82, 2.24) is 15.6 Å². The molecule has 0 saturated carbocycles. The number of aliphatic imine (C=N–C) groups is 1. The number of aromatic hydroxyl groups is 1. The lowest BCUT2D eigenvalue weighted by Gasteiger charge is -2.12. The molecular formula is C17H21F3N4O3S. The molecule has 0 spiro atoms. The van der Waals surface area contributed by atoms with Gasteiger partial charge in [-0.15, -0.1) is 11.3 Å². The van der Waals surface area contributed by atoms with Crippen LogP contribution in [0.5, 0.6) is 17.2 Å². The number of guanidine groups is 1. The van der Waals surface area contributed by atoms with E-state index in [0.717, 1.165) is 22.3 Å². The molecule has 1 aromatic heterocycles. The lowest BCUT2D eigenvalue weighted by molar-refractivity contribution is -0.140. The summed E-state index contributed by atoms with van der Waals surface area (Å²) >= 11 is 0.925. The van der Waals surface area contributed by atoms with Crippen LogP contribution in [0.4, 0.5) is 13.2 Å². The predicted octanol–water partition coefficient (Wildman–Crippen LogP) is 3.14. The number of phenols is 1. The molecule has 11 heteroatoms. The summed E-state index contributed by atoms with van der Waals surface area (Å²) < 4.78 is 48.1. The predicted molar refractivity (Wildman–Crippen MR) is 100.0 cm³/mol. The molecule has 3 N–H and O–H groups in total. The van der Waals surface area contributed by atoms with E-state index in [9.17, 15) is 18.3 Å². The summed E-state index contributed by atoms with van der Waals surface area (Å²) in [7, 11) is 2.85. The van der Waals surface area contributed by atoms with Crippen LogP contribution < -0.4 is 20.1 Å². The Balaban J connectivity index is 2.09. The number of thiazole rings is 1. The fourth-order valence-corrected chi connectivity index (χ4v) is 2.97. The number of benzene rings is 1. The van der Waals surface area contributed by atoms with Gasteiger partial charge in [0.1, 0.15) is 5.01 Å². The summed E-state index contributed by atoms with van der Waals surface area (Å²) in [6.45, 7) is 2.78. The van der Waals surface area contributed by atoms with Crippen LogP contribution in [0.3, 0.4) is 0 Å². The average molecular weight is 418 g/mol. The molecule has 7 nitrogen and oxygen atoms in total. The van der Waals surface area contributed by atoms with Crippen molar-refractivity contribution in [2.24, 2.45) is 4.99 Å². The van der Waals surface area contributed by atoms with Gasteiger partial charge in [-0.2, -0.15) is 13.2 Å². The molecule has 0 radical (unpaired) electrons. The summed E-state index contributed by atoms with van der Waals surface area (Å²) in [5.41, 5.74) is -0.183. The zero-order chi connectivity index (χ0) is 20.7. The number of hydrogen-bond donors (Lipinski definition) is 3. The van der Waals surface area contributed by atoms with Crippen molar-refractivity contribution >= 4 is 17.3 Å². The number of halogens is 3. The maximum atomic E-state index is 12.6. The molecule has 28 heavy (non-hydrogen) atoms. The minimum absolute atomic E-state index is 0.105. The van der Waals surface area contributed by atoms with E-state index < -0.39 is 11.9 Å². The highest BCUT2D eigenvalue weighted by Gasteiger charge is 2.33. The van der Waals surface area contributed by atoms with Crippen molar-refractivity contribution in [3.8, 4) is 17.2 Å². The number of nitrogens with zero attached hydrogens (tertiary/aromatic N) is 2. The number of nitrogens with one attached hydrogen (secondary N) is 2. The molecule has 0 unspecified atom stereocenters. The summed E-state index contributed by atoms with van der Waals surface area (Å²) in [6.07, 6.45) is -4.45. The second-order valence-corrected chi connectivity index (χ2v) is 6.46. The summed E-state index contributed by atoms with van der Waals surface area (Å²) in [6, 6.07) is 3.25. The standard InChI is InChI=1S/C17H21F3N4O3S/c1-4-21-16(23-8-14-24-13(9-28-14)17(18,19)20)22-7-10-5-11(26-2)15(25)12(6-10)27-3/h5-6,9,25H,4,7-8H2,1-3H3,(H2,21,22,23). The summed E-state index contributed by atoms with van der Waals surface area (Å²) in [5.74, 6) is 0.819. The molecule has 2 rings (SSSR count). The van der Waals surface area contributed by atoms with Gasteiger partial charge in [0.05, 0.1) is 27.3 Å². The van der Waals surface area contributed by atoms with E-state index in [-0.39, 0.29) is 30.3 Å². The molecule has 0 aliphatic rings. The number of hydrogen-bond acceptors (Lipinski definition) is 6. The first kappa shape index (κ1) is 21.6. The van der Waals surface area contributed by atoms with Crippen LogP contribution in [-0.4, -0.2) is 36.8 Å². The first-order chi connectivity index (χ1) is 13.3. The van der Waals surface area contributed by atoms with Gasteiger partial charge in [0.2, 0.25) is 5.75 Å². The third-order valence-electron chi connectivity index (χ3n) is 3.55. The van der Waals surface area contributed by atoms with Crippen molar-refractivity contribution in [2.45, 2.75) is 26.2 Å². The minimum atomic E-state index is -4.45. The van der Waals surface area contributed by atoms with E-state index in [4.69, 9.17) is 9.47 Å². The number of alkyl halides is 3. The maximum Gasteiger partial charge on any atom is 0.434 e. The van der Waals surface area contributed by atoms with Crippen molar-refractivity contribution < 1.29 is 27.8 Å². The Kier molecular flexibility index (Phi) is 7.32. The first-order valence-electron chi connectivity index (χ1n) is 8.26. The van der Waals surface area contributed by atoms with Crippen molar-refractivity contribution in [2.75, 3.05) is 20.8 Å². The number of ether oxygens (including phenoxy) is 2. The van der Waals surface area contributed by atoms with Gasteiger partial charge in [0.25, 0.3) is 0 Å². The fourth-order valence-electron chi connectivity index (χ4n) is 2.23. The van der Waals surface area contributed by atoms with Crippen molar-refractivity contribution in [1.29, 1.82) is 0 Å². The Morgan fingerprint density at radius 1 is 1.21 bits per heavy atom. The first-order valence-corrected chi connectivity index (χ1v) is 9.14. The molecule has 0 atom stereocenters. The zero-order valence-electron chi connectivity index (χ0n) is 15.6. The van der Waals surface area contributed by atoms with Crippen LogP contribution >= 0.6 is 11.3 Å². The van der Waals surface area contributed by atoms with E-state index >= 15 is 0 Å². The third kappa shape index (κ3) is 5.65. The quantitative estimate of drug-likeness (QED) is 0.473. The number of aromatic nitrogens is 1. The van der Waals surface area contributed by atoms with E-state index in [0.29, 0.717) is 17.5 Å². The van der Waals surface area contributed by atoms with Gasteiger partial charge in [-0.25, -0.2) is 9.98 Å². The Morgan fingerprint density at radius 3 is 2.36 bits per heavy atom. The van der Waals surface area contributed by atoms with Gasteiger partial charge in [-0.3, -0.25) is 0 Å². The molecule has 1 aromatic carbocycles. The van der Waals surface area contributed by atoms with Crippen LogP contribution in [0.1, 0.15) is 23.2 Å². The molecule has 0 amide bonds. The Morgan fingerprint density at radius 2 is 1.86 bits per heavy atom. The molecule has 0 fully saturated rings. The monoisotopic (exact) mass is 418 g/mol. The van der Waals surface area contributed by atoms with Crippen molar-refractivity contribution in [3.63, 3.8) is 0 Å². The highest BCUT2D eigenvalue weighted by atomic mass is 32.1. The smallest absolute Gasteiger partial charge is 0.434 e. The van der Waals surface area contributed by atoms with Crippen LogP contribution in [0.15, 0.2) is 22.5 Å². The minimum Gasteiger partial charge on any atom is -0.502 e. The maximum absolute atomic E-state index is 12.6. The Hall–Kier alpha value is -2.69. The van der Waals surface area contributed by atoms with Crippen LogP contribution in [0, 0.1) is 0 Å². The van der Waals surface area contributed by atoms with Gasteiger partial charge in [-0.1, -0.05) is 0 Å². The van der Waals surface area contributed by atoms with Gasteiger partial charge in [0, 0.05) is 11.9 Å². The SMILES string of the molecule is CCNC(=NCc1cc(OC)c(O)c(OC)c1)NCc1nc(C(F)(F)F)cs1. The molecule has 0 aliphatic heterocycles. The molecule has 0 saturated heterocycles. The molecule has 2 aromatic rings. The molecule has 0 aliphatic carbocycles. The second-order valence-electron chi connectivity index (χ2n) is 5.52. The van der Waals surface area contributed by atoms with Gasteiger partial charge in [0.15, 0.2) is 23.2 Å². The number of phenolic OH excluding ortho intramolecular Hbond substituents is 1. The van der Waals surface area contributed by atoms with E-state index in [2.05, 4.69) is 20.6 Å². The van der Waals surface area contributed by atoms with E-state index in [1.165, 1.54) is 14.2 Å². The number of rotatable bonds is 7. The molecule has 0 bridgehead atoms. The lowest BCUT2D eigenvalue weighted by atomic mass is 10.2. The molecule has 154 valence electrons. The Labute approximate surface area is 164 Å². The van der Waals surface area contributed by atoms with Gasteiger partial charge in [-0.05, 0) is 24.6 Å². The van der Waals surface area contributed by atoms with Crippen LogP contribution in [0.25, 0.3) is 0 Å². The van der Waals surface area contributed by atoms with Crippen LogP contribution in [-0.2, 0) is 19.3 Å². The lowest BCUT2D eigenvalue weighted by Crippen LogP contribution is -2.36. The molecular weight excluding hydrogens is 397 g/mol. The summed E-state index contributed by atoms with van der Waals surface area (Å²) in [5, 5.41) is 17.2. The largest absolute Gasteiger partial charge is 0.502 e. The second kappa shape index (κ2) is 9.49. The number of methoxy groups -OCH3 is 2. The van der Waals surface area contributed by atoms with Crippen LogP contribution in [0.2, 0.25) is 0 Å². The normalized spacial score (nSPS) is 12.0. The topological polar surface area (TPSA) is 88.0 Å².